The van der Waals surface area contributed by atoms with Crippen molar-refractivity contribution in [1.29, 1.82) is 0 Å². The van der Waals surface area contributed by atoms with Crippen LogP contribution in [0.15, 0.2) is 21.1 Å². The van der Waals surface area contributed by atoms with Crippen molar-refractivity contribution in [2.24, 2.45) is 11.1 Å². The van der Waals surface area contributed by atoms with Gasteiger partial charge >= 0.3 is 0 Å². The van der Waals surface area contributed by atoms with E-state index in [0.717, 1.165) is 25.8 Å². The van der Waals surface area contributed by atoms with Crippen LogP contribution in [-0.2, 0) is 6.42 Å². The molecule has 0 spiro atoms. The lowest BCUT2D eigenvalue weighted by atomic mass is 9.83. The van der Waals surface area contributed by atoms with E-state index >= 15 is 0 Å². The highest BCUT2D eigenvalue weighted by molar-refractivity contribution is 9.11. The van der Waals surface area contributed by atoms with Gasteiger partial charge in [-0.1, -0.05) is 45.7 Å². The highest BCUT2D eigenvalue weighted by atomic mass is 79.9. The van der Waals surface area contributed by atoms with Crippen molar-refractivity contribution in [1.82, 2.24) is 0 Å². The van der Waals surface area contributed by atoms with Crippen LogP contribution in [0.3, 0.4) is 0 Å². The van der Waals surface area contributed by atoms with Crippen LogP contribution in [0.25, 0.3) is 0 Å². The van der Waals surface area contributed by atoms with Gasteiger partial charge in [0.1, 0.15) is 0 Å². The first-order chi connectivity index (χ1) is 7.85. The zero-order valence-corrected chi connectivity index (χ0v) is 14.0. The largest absolute Gasteiger partial charge is 0.330 e. The van der Waals surface area contributed by atoms with Crippen molar-refractivity contribution in [3.05, 3.63) is 32.2 Å². The van der Waals surface area contributed by atoms with E-state index in [-0.39, 0.29) is 0 Å². The smallest absolute Gasteiger partial charge is 0.0210 e. The molecule has 17 heavy (non-hydrogen) atoms. The summed E-state index contributed by atoms with van der Waals surface area (Å²) in [6, 6.07) is 4.40. The summed E-state index contributed by atoms with van der Waals surface area (Å²) in [5.74, 6) is 0. The van der Waals surface area contributed by atoms with E-state index in [4.69, 9.17) is 5.73 Å². The molecule has 0 aliphatic heterocycles. The van der Waals surface area contributed by atoms with E-state index in [9.17, 15) is 0 Å². The van der Waals surface area contributed by atoms with Crippen molar-refractivity contribution in [3.8, 4) is 0 Å². The lowest BCUT2D eigenvalue weighted by Crippen LogP contribution is -2.17. The first-order valence-corrected chi connectivity index (χ1v) is 7.59. The number of benzene rings is 1. The minimum Gasteiger partial charge on any atom is -0.330 e. The summed E-state index contributed by atoms with van der Waals surface area (Å²) in [5, 5.41) is 0. The van der Waals surface area contributed by atoms with Crippen LogP contribution < -0.4 is 5.73 Å². The number of hydrogen-bond donors (Lipinski definition) is 1. The Kier molecular flexibility index (Phi) is 5.68. The molecule has 3 heteroatoms. The quantitative estimate of drug-likeness (QED) is 0.797. The van der Waals surface area contributed by atoms with Gasteiger partial charge in [0.2, 0.25) is 0 Å². The zero-order chi connectivity index (χ0) is 13.1. The summed E-state index contributed by atoms with van der Waals surface area (Å²) >= 11 is 7.23. The molecule has 0 saturated heterocycles. The Bertz CT molecular complexity index is 386. The fourth-order valence-electron chi connectivity index (χ4n) is 1.87. The van der Waals surface area contributed by atoms with Gasteiger partial charge in [0.05, 0.1) is 0 Å². The van der Waals surface area contributed by atoms with Crippen molar-refractivity contribution >= 4 is 31.9 Å². The number of hydrogen-bond acceptors (Lipinski definition) is 1. The van der Waals surface area contributed by atoms with Crippen LogP contribution in [0.4, 0.5) is 0 Å². The summed E-state index contributed by atoms with van der Waals surface area (Å²) in [5.41, 5.74) is 8.60. The molecule has 0 unspecified atom stereocenters. The van der Waals surface area contributed by atoms with E-state index < -0.39 is 0 Å². The van der Waals surface area contributed by atoms with Crippen LogP contribution in [0, 0.1) is 12.3 Å². The molecule has 2 N–H and O–H groups in total. The number of nitrogens with two attached hydrogens (primary N) is 1. The molecule has 1 aromatic rings. The molecule has 0 radical (unpaired) electrons. The van der Waals surface area contributed by atoms with Gasteiger partial charge in [0.15, 0.2) is 0 Å². The summed E-state index contributed by atoms with van der Waals surface area (Å²) in [4.78, 5) is 0. The predicted octanol–water partition coefficient (Wildman–Crippen LogP) is 4.83. The van der Waals surface area contributed by atoms with Gasteiger partial charge in [0, 0.05) is 8.95 Å². The van der Waals surface area contributed by atoms with E-state index in [1.165, 1.54) is 20.1 Å². The molecule has 1 nitrogen and oxygen atoms in total. The van der Waals surface area contributed by atoms with Gasteiger partial charge in [0.25, 0.3) is 0 Å². The maximum Gasteiger partial charge on any atom is 0.0210 e. The fraction of sp³-hybridized carbons (Fsp3) is 0.571. The topological polar surface area (TPSA) is 26.0 Å². The van der Waals surface area contributed by atoms with Gasteiger partial charge in [-0.2, -0.15) is 0 Å². The number of aryl methyl sites for hydroxylation is 2. The monoisotopic (exact) mass is 361 g/mol. The third-order valence-electron chi connectivity index (χ3n) is 3.22. The zero-order valence-electron chi connectivity index (χ0n) is 10.8. The molecule has 0 bridgehead atoms. The molecule has 0 aromatic heterocycles. The van der Waals surface area contributed by atoms with Crippen LogP contribution in [0.2, 0.25) is 0 Å². The molecule has 1 aromatic carbocycles. The van der Waals surface area contributed by atoms with Gasteiger partial charge in [-0.05, 0) is 61.4 Å². The molecule has 1 rings (SSSR count). The first kappa shape index (κ1) is 15.2. The second kappa shape index (κ2) is 6.35. The van der Waals surface area contributed by atoms with E-state index in [0.29, 0.717) is 5.41 Å². The van der Waals surface area contributed by atoms with Gasteiger partial charge in [-0.25, -0.2) is 0 Å². The van der Waals surface area contributed by atoms with E-state index in [1.54, 1.807) is 0 Å². The second-order valence-electron chi connectivity index (χ2n) is 5.40. The summed E-state index contributed by atoms with van der Waals surface area (Å²) in [7, 11) is 0. The van der Waals surface area contributed by atoms with E-state index in [2.05, 4.69) is 64.8 Å². The summed E-state index contributed by atoms with van der Waals surface area (Å²) in [6.45, 7) is 7.46. The first-order valence-electron chi connectivity index (χ1n) is 6.00. The number of halogens is 2. The average Bonchev–Trinajstić information content (AvgIpc) is 2.21. The Labute approximate surface area is 121 Å². The fourth-order valence-corrected chi connectivity index (χ4v) is 2.91. The minimum absolute atomic E-state index is 0.325. The second-order valence-corrected chi connectivity index (χ2v) is 7.10. The maximum absolute atomic E-state index is 5.64. The predicted molar refractivity (Wildman–Crippen MR) is 82.4 cm³/mol. The molecule has 96 valence electrons. The van der Waals surface area contributed by atoms with Crippen molar-refractivity contribution < 1.29 is 0 Å². The normalized spacial score (nSPS) is 11.9. The minimum atomic E-state index is 0.325. The van der Waals surface area contributed by atoms with Crippen LogP contribution >= 0.6 is 31.9 Å². The summed E-state index contributed by atoms with van der Waals surface area (Å²) < 4.78 is 2.40. The molecular formula is C14H21Br2N. The van der Waals surface area contributed by atoms with Gasteiger partial charge < -0.3 is 5.73 Å². The Morgan fingerprint density at radius 3 is 2.35 bits per heavy atom. The molecular weight excluding hydrogens is 342 g/mol. The third kappa shape index (κ3) is 4.72. The molecule has 0 fully saturated rings. The number of rotatable bonds is 5. The Morgan fingerprint density at radius 2 is 1.76 bits per heavy atom. The van der Waals surface area contributed by atoms with E-state index in [1.807, 2.05) is 0 Å². The van der Waals surface area contributed by atoms with Crippen LogP contribution in [-0.4, -0.2) is 6.54 Å². The van der Waals surface area contributed by atoms with Crippen molar-refractivity contribution in [3.63, 3.8) is 0 Å². The highest BCUT2D eigenvalue weighted by Gasteiger charge is 2.17. The highest BCUT2D eigenvalue weighted by Crippen LogP contribution is 2.31. The lowest BCUT2D eigenvalue weighted by molar-refractivity contribution is 0.313. The Morgan fingerprint density at radius 1 is 1.12 bits per heavy atom. The lowest BCUT2D eigenvalue weighted by Gasteiger charge is -2.24. The molecule has 0 aliphatic carbocycles. The molecule has 0 heterocycles. The van der Waals surface area contributed by atoms with Gasteiger partial charge in [-0.3, -0.25) is 0 Å². The Balaban J connectivity index is 2.73. The maximum atomic E-state index is 5.64. The SMILES string of the molecule is Cc1cc(Br)c(CCC(C)(C)CCN)cc1Br. The van der Waals surface area contributed by atoms with Crippen molar-refractivity contribution in [2.45, 2.75) is 40.0 Å². The summed E-state index contributed by atoms with van der Waals surface area (Å²) in [6.07, 6.45) is 3.34. The van der Waals surface area contributed by atoms with Gasteiger partial charge in [-0.15, -0.1) is 0 Å². The van der Waals surface area contributed by atoms with Crippen molar-refractivity contribution in [2.75, 3.05) is 6.54 Å². The third-order valence-corrected chi connectivity index (χ3v) is 4.81. The standard InChI is InChI=1S/C14H21Br2N/c1-10-8-13(16)11(9-12(10)15)4-5-14(2,3)6-7-17/h8-9H,4-7,17H2,1-3H3. The van der Waals surface area contributed by atoms with Crippen LogP contribution in [0.5, 0.6) is 0 Å². The van der Waals surface area contributed by atoms with Crippen LogP contribution in [0.1, 0.15) is 37.8 Å². The Hall–Kier alpha value is 0.140. The molecule has 0 saturated carbocycles. The molecule has 0 aliphatic rings. The molecule has 0 amide bonds. The average molecular weight is 363 g/mol. The molecule has 0 atom stereocenters.